The van der Waals surface area contributed by atoms with Gasteiger partial charge < -0.3 is 15.8 Å². The van der Waals surface area contributed by atoms with Crippen molar-refractivity contribution in [3.8, 4) is 0 Å². The van der Waals surface area contributed by atoms with Gasteiger partial charge in [-0.15, -0.1) is 0 Å². The zero-order chi connectivity index (χ0) is 8.69. The Labute approximate surface area is 67.1 Å². The van der Waals surface area contributed by atoms with Gasteiger partial charge in [0.1, 0.15) is 0 Å². The third kappa shape index (κ3) is 7.29. The first-order chi connectivity index (χ1) is 5.16. The number of nitrogens with two attached hydrogens (primary N) is 1. The lowest BCUT2D eigenvalue weighted by Crippen LogP contribution is -2.35. The zero-order valence-electron chi connectivity index (χ0n) is 7.09. The second-order valence-electron chi connectivity index (χ2n) is 2.53. The van der Waals surface area contributed by atoms with Gasteiger partial charge in [0.2, 0.25) is 5.91 Å². The Kier molecular flexibility index (Phi) is 5.78. The summed E-state index contributed by atoms with van der Waals surface area (Å²) in [6.07, 6.45) is 0.893. The van der Waals surface area contributed by atoms with Gasteiger partial charge in [0.15, 0.2) is 0 Å². The van der Waals surface area contributed by atoms with E-state index in [0.29, 0.717) is 6.61 Å². The summed E-state index contributed by atoms with van der Waals surface area (Å²) in [6, 6.07) is 0.280. The van der Waals surface area contributed by atoms with Gasteiger partial charge in [-0.1, -0.05) is 0 Å². The summed E-state index contributed by atoms with van der Waals surface area (Å²) in [5.41, 5.74) is 4.94. The lowest BCUT2D eigenvalue weighted by molar-refractivity contribution is -0.117. The molecule has 0 aromatic rings. The van der Waals surface area contributed by atoms with Crippen LogP contribution in [0.15, 0.2) is 0 Å². The maximum Gasteiger partial charge on any atom is 0.231 e. The molecule has 0 heterocycles. The molecule has 0 aliphatic rings. The van der Waals surface area contributed by atoms with E-state index in [1.807, 2.05) is 6.92 Å². The van der Waals surface area contributed by atoms with E-state index in [-0.39, 0.29) is 18.5 Å². The number of carbonyl (C=O) groups excluding carboxylic acids is 1. The largest absolute Gasteiger partial charge is 0.385 e. The molecule has 0 aromatic carbocycles. The van der Waals surface area contributed by atoms with E-state index in [4.69, 9.17) is 10.5 Å². The summed E-state index contributed by atoms with van der Waals surface area (Å²) < 4.78 is 4.86. The molecule has 4 heteroatoms. The molecule has 0 spiro atoms. The third-order valence-electron chi connectivity index (χ3n) is 1.38. The number of ether oxygens (including phenoxy) is 1. The second kappa shape index (κ2) is 6.12. The highest BCUT2D eigenvalue weighted by Gasteiger charge is 2.01. The zero-order valence-corrected chi connectivity index (χ0v) is 7.09. The monoisotopic (exact) mass is 160 g/mol. The van der Waals surface area contributed by atoms with E-state index in [0.717, 1.165) is 6.42 Å². The Morgan fingerprint density at radius 3 is 2.82 bits per heavy atom. The Balaban J connectivity index is 3.22. The van der Waals surface area contributed by atoms with E-state index in [1.165, 1.54) is 0 Å². The standard InChI is InChI=1S/C7H16N2O2/c1-6(3-4-11-2)9-5-7(8)10/h6,9H,3-5H2,1-2H3,(H2,8,10). The lowest BCUT2D eigenvalue weighted by atomic mass is 10.2. The summed E-state index contributed by atoms with van der Waals surface area (Å²) in [5.74, 6) is -0.325. The molecule has 0 radical (unpaired) electrons. The molecular formula is C7H16N2O2. The molecule has 1 unspecified atom stereocenters. The summed E-state index contributed by atoms with van der Waals surface area (Å²) in [7, 11) is 1.65. The maximum absolute atomic E-state index is 10.3. The molecule has 4 nitrogen and oxygen atoms in total. The Morgan fingerprint density at radius 1 is 1.73 bits per heavy atom. The minimum absolute atomic E-state index is 0.241. The fraction of sp³-hybridized carbons (Fsp3) is 0.857. The first-order valence-corrected chi connectivity index (χ1v) is 3.67. The molecule has 0 aromatic heterocycles. The van der Waals surface area contributed by atoms with Gasteiger partial charge in [-0.2, -0.15) is 0 Å². The molecular weight excluding hydrogens is 144 g/mol. The highest BCUT2D eigenvalue weighted by molar-refractivity contribution is 5.75. The fourth-order valence-corrected chi connectivity index (χ4v) is 0.672. The summed E-state index contributed by atoms with van der Waals surface area (Å²) in [4.78, 5) is 10.3. The molecule has 0 fully saturated rings. The van der Waals surface area contributed by atoms with Crippen LogP contribution in [0.25, 0.3) is 0 Å². The average molecular weight is 160 g/mol. The van der Waals surface area contributed by atoms with Crippen molar-refractivity contribution in [3.05, 3.63) is 0 Å². The minimum Gasteiger partial charge on any atom is -0.385 e. The van der Waals surface area contributed by atoms with Crippen LogP contribution in [-0.4, -0.2) is 32.2 Å². The van der Waals surface area contributed by atoms with Crippen molar-refractivity contribution in [2.24, 2.45) is 5.73 Å². The molecule has 1 atom stereocenters. The summed E-state index contributed by atoms with van der Waals surface area (Å²) in [5, 5.41) is 2.96. The Morgan fingerprint density at radius 2 is 2.36 bits per heavy atom. The van der Waals surface area contributed by atoms with E-state index in [2.05, 4.69) is 5.32 Å². The van der Waals surface area contributed by atoms with Gasteiger partial charge in [0.05, 0.1) is 6.54 Å². The summed E-state index contributed by atoms with van der Waals surface area (Å²) >= 11 is 0. The second-order valence-corrected chi connectivity index (χ2v) is 2.53. The van der Waals surface area contributed by atoms with Gasteiger partial charge in [-0.3, -0.25) is 4.79 Å². The SMILES string of the molecule is COCCC(C)NCC(N)=O. The van der Waals surface area contributed by atoms with Crippen molar-refractivity contribution in [3.63, 3.8) is 0 Å². The molecule has 66 valence electrons. The van der Waals surface area contributed by atoms with Gasteiger partial charge in [-0.25, -0.2) is 0 Å². The van der Waals surface area contributed by atoms with E-state index in [1.54, 1.807) is 7.11 Å². The van der Waals surface area contributed by atoms with E-state index >= 15 is 0 Å². The van der Waals surface area contributed by atoms with Crippen molar-refractivity contribution in [2.45, 2.75) is 19.4 Å². The lowest BCUT2D eigenvalue weighted by Gasteiger charge is -2.10. The van der Waals surface area contributed by atoms with Crippen LogP contribution in [0.1, 0.15) is 13.3 Å². The molecule has 11 heavy (non-hydrogen) atoms. The minimum atomic E-state index is -0.325. The predicted molar refractivity (Wildman–Crippen MR) is 43.2 cm³/mol. The number of nitrogens with one attached hydrogen (secondary N) is 1. The van der Waals surface area contributed by atoms with Gasteiger partial charge in [-0.05, 0) is 13.3 Å². The molecule has 0 bridgehead atoms. The quantitative estimate of drug-likeness (QED) is 0.550. The number of methoxy groups -OCH3 is 1. The molecule has 1 amide bonds. The van der Waals surface area contributed by atoms with Crippen molar-refractivity contribution < 1.29 is 9.53 Å². The number of hydrogen-bond acceptors (Lipinski definition) is 3. The number of primary amides is 1. The predicted octanol–water partition coefficient (Wildman–Crippen LogP) is -0.514. The van der Waals surface area contributed by atoms with Crippen LogP contribution in [0.5, 0.6) is 0 Å². The van der Waals surface area contributed by atoms with Crippen LogP contribution >= 0.6 is 0 Å². The molecule has 0 rings (SSSR count). The van der Waals surface area contributed by atoms with Crippen LogP contribution in [0.3, 0.4) is 0 Å². The van der Waals surface area contributed by atoms with Crippen LogP contribution in [0, 0.1) is 0 Å². The van der Waals surface area contributed by atoms with Crippen LogP contribution < -0.4 is 11.1 Å². The van der Waals surface area contributed by atoms with Crippen molar-refractivity contribution >= 4 is 5.91 Å². The number of carbonyl (C=O) groups is 1. The molecule has 0 saturated carbocycles. The Bertz CT molecular complexity index is 117. The van der Waals surface area contributed by atoms with Crippen molar-refractivity contribution in [2.75, 3.05) is 20.3 Å². The molecule has 0 saturated heterocycles. The van der Waals surface area contributed by atoms with E-state index < -0.39 is 0 Å². The first-order valence-electron chi connectivity index (χ1n) is 3.67. The van der Waals surface area contributed by atoms with Gasteiger partial charge in [0.25, 0.3) is 0 Å². The topological polar surface area (TPSA) is 64.3 Å². The van der Waals surface area contributed by atoms with Crippen molar-refractivity contribution in [1.82, 2.24) is 5.32 Å². The summed E-state index contributed by atoms with van der Waals surface area (Å²) in [6.45, 7) is 2.93. The average Bonchev–Trinajstić information content (AvgIpc) is 1.97. The van der Waals surface area contributed by atoms with Gasteiger partial charge in [0, 0.05) is 19.8 Å². The highest BCUT2D eigenvalue weighted by Crippen LogP contribution is 1.88. The number of hydrogen-bond donors (Lipinski definition) is 2. The maximum atomic E-state index is 10.3. The van der Waals surface area contributed by atoms with Crippen molar-refractivity contribution in [1.29, 1.82) is 0 Å². The van der Waals surface area contributed by atoms with Crippen LogP contribution in [0.2, 0.25) is 0 Å². The first kappa shape index (κ1) is 10.4. The highest BCUT2D eigenvalue weighted by atomic mass is 16.5. The normalized spacial score (nSPS) is 12.9. The smallest absolute Gasteiger partial charge is 0.231 e. The molecule has 0 aliphatic heterocycles. The third-order valence-corrected chi connectivity index (χ3v) is 1.38. The number of rotatable bonds is 6. The van der Waals surface area contributed by atoms with Crippen LogP contribution in [-0.2, 0) is 9.53 Å². The van der Waals surface area contributed by atoms with E-state index in [9.17, 15) is 4.79 Å². The van der Waals surface area contributed by atoms with Crippen LogP contribution in [0.4, 0.5) is 0 Å². The molecule has 3 N–H and O–H groups in total. The fourth-order valence-electron chi connectivity index (χ4n) is 0.672. The Hall–Kier alpha value is -0.610. The molecule has 0 aliphatic carbocycles. The van der Waals surface area contributed by atoms with Gasteiger partial charge >= 0.3 is 0 Å². The number of amides is 1.